The fourth-order valence-electron chi connectivity index (χ4n) is 2.25. The molecule has 1 N–H and O–H groups in total. The lowest BCUT2D eigenvalue weighted by atomic mass is 10.1. The van der Waals surface area contributed by atoms with Crippen molar-refractivity contribution in [3.8, 4) is 0 Å². The molecular formula is C14H19ClF2N2O. The standard InChI is InChI=1S/C14H18F2N2O.ClH/c1-17-5-6-18(2)14(19)11-8-10(11)9-3-4-12(15)13(16)7-9;/h3-4,7,10-11,17H,5-6,8H2,1-2H3;1H. The monoisotopic (exact) mass is 304 g/mol. The van der Waals surface area contributed by atoms with Crippen LogP contribution in [0.15, 0.2) is 18.2 Å². The Balaban J connectivity index is 0.00000200. The van der Waals surface area contributed by atoms with Crippen molar-refractivity contribution in [3.05, 3.63) is 35.4 Å². The van der Waals surface area contributed by atoms with Gasteiger partial charge in [0.15, 0.2) is 11.6 Å². The predicted molar refractivity (Wildman–Crippen MR) is 76.0 cm³/mol. The Morgan fingerprint density at radius 2 is 2.10 bits per heavy atom. The van der Waals surface area contributed by atoms with E-state index in [0.29, 0.717) is 18.5 Å². The molecule has 0 radical (unpaired) electrons. The molecule has 2 atom stereocenters. The highest BCUT2D eigenvalue weighted by Gasteiger charge is 2.45. The van der Waals surface area contributed by atoms with E-state index in [4.69, 9.17) is 0 Å². The third kappa shape index (κ3) is 3.67. The molecule has 1 aromatic rings. The van der Waals surface area contributed by atoms with Crippen LogP contribution < -0.4 is 5.32 Å². The first-order valence-corrected chi connectivity index (χ1v) is 6.39. The molecule has 6 heteroatoms. The number of hydrogen-bond acceptors (Lipinski definition) is 2. The fourth-order valence-corrected chi connectivity index (χ4v) is 2.25. The number of amides is 1. The Labute approximate surface area is 123 Å². The van der Waals surface area contributed by atoms with E-state index in [2.05, 4.69) is 5.32 Å². The topological polar surface area (TPSA) is 32.3 Å². The summed E-state index contributed by atoms with van der Waals surface area (Å²) in [5, 5.41) is 2.98. The van der Waals surface area contributed by atoms with Crippen molar-refractivity contribution in [2.24, 2.45) is 5.92 Å². The van der Waals surface area contributed by atoms with Gasteiger partial charge in [0, 0.05) is 26.1 Å². The van der Waals surface area contributed by atoms with Crippen molar-refractivity contribution in [2.75, 3.05) is 27.2 Å². The van der Waals surface area contributed by atoms with E-state index in [1.165, 1.54) is 6.07 Å². The molecule has 1 saturated carbocycles. The van der Waals surface area contributed by atoms with Gasteiger partial charge < -0.3 is 10.2 Å². The van der Waals surface area contributed by atoms with Crippen LogP contribution in [0.3, 0.4) is 0 Å². The van der Waals surface area contributed by atoms with Gasteiger partial charge in [-0.3, -0.25) is 4.79 Å². The van der Waals surface area contributed by atoms with E-state index in [0.717, 1.165) is 12.6 Å². The fraction of sp³-hybridized carbons (Fsp3) is 0.500. The third-order valence-electron chi connectivity index (χ3n) is 3.55. The van der Waals surface area contributed by atoms with Crippen LogP contribution >= 0.6 is 12.4 Å². The van der Waals surface area contributed by atoms with Gasteiger partial charge in [-0.25, -0.2) is 8.78 Å². The number of hydrogen-bond donors (Lipinski definition) is 1. The lowest BCUT2D eigenvalue weighted by molar-refractivity contribution is -0.131. The zero-order valence-corrected chi connectivity index (χ0v) is 12.3. The Morgan fingerprint density at radius 1 is 1.40 bits per heavy atom. The van der Waals surface area contributed by atoms with Crippen molar-refractivity contribution in [3.63, 3.8) is 0 Å². The molecule has 1 fully saturated rings. The predicted octanol–water partition coefficient (Wildman–Crippen LogP) is 2.17. The summed E-state index contributed by atoms with van der Waals surface area (Å²) in [6.07, 6.45) is 0.716. The molecule has 0 heterocycles. The van der Waals surface area contributed by atoms with Gasteiger partial charge in [0.1, 0.15) is 0 Å². The number of likely N-dealkylation sites (N-methyl/N-ethyl adjacent to an activating group) is 2. The summed E-state index contributed by atoms with van der Waals surface area (Å²) < 4.78 is 26.0. The second kappa shape index (κ2) is 6.99. The number of halogens is 3. The minimum Gasteiger partial charge on any atom is -0.344 e. The maximum absolute atomic E-state index is 13.1. The summed E-state index contributed by atoms with van der Waals surface area (Å²) in [7, 11) is 3.60. The Morgan fingerprint density at radius 3 is 2.70 bits per heavy atom. The van der Waals surface area contributed by atoms with Crippen LogP contribution in [0, 0.1) is 17.6 Å². The van der Waals surface area contributed by atoms with E-state index in [1.807, 2.05) is 7.05 Å². The zero-order chi connectivity index (χ0) is 14.0. The van der Waals surface area contributed by atoms with Gasteiger partial charge in [0.05, 0.1) is 0 Å². The molecule has 1 aromatic carbocycles. The molecule has 0 bridgehead atoms. The molecule has 0 aromatic heterocycles. The van der Waals surface area contributed by atoms with Crippen molar-refractivity contribution in [1.82, 2.24) is 10.2 Å². The van der Waals surface area contributed by atoms with Gasteiger partial charge in [-0.05, 0) is 37.1 Å². The van der Waals surface area contributed by atoms with E-state index >= 15 is 0 Å². The number of nitrogens with one attached hydrogen (secondary N) is 1. The maximum atomic E-state index is 13.1. The van der Waals surface area contributed by atoms with E-state index in [-0.39, 0.29) is 30.2 Å². The Kier molecular flexibility index (Phi) is 5.89. The first kappa shape index (κ1) is 16.9. The average Bonchev–Trinajstić information content (AvgIpc) is 3.18. The highest BCUT2D eigenvalue weighted by atomic mass is 35.5. The van der Waals surface area contributed by atoms with Crippen LogP contribution in [-0.2, 0) is 4.79 Å². The average molecular weight is 305 g/mol. The van der Waals surface area contributed by atoms with Crippen LogP contribution in [0.5, 0.6) is 0 Å². The quantitative estimate of drug-likeness (QED) is 0.904. The molecule has 0 spiro atoms. The molecule has 1 amide bonds. The maximum Gasteiger partial charge on any atom is 0.226 e. The first-order chi connectivity index (χ1) is 9.04. The lowest BCUT2D eigenvalue weighted by Crippen LogP contribution is -2.34. The van der Waals surface area contributed by atoms with E-state index in [9.17, 15) is 13.6 Å². The van der Waals surface area contributed by atoms with Gasteiger partial charge >= 0.3 is 0 Å². The molecule has 1 aliphatic carbocycles. The molecule has 0 aliphatic heterocycles. The number of rotatable bonds is 5. The van der Waals surface area contributed by atoms with Gasteiger partial charge in [-0.15, -0.1) is 12.4 Å². The van der Waals surface area contributed by atoms with Gasteiger partial charge in [0.2, 0.25) is 5.91 Å². The van der Waals surface area contributed by atoms with Crippen molar-refractivity contribution < 1.29 is 13.6 Å². The molecule has 2 rings (SSSR count). The second-order valence-electron chi connectivity index (χ2n) is 4.99. The summed E-state index contributed by atoms with van der Waals surface area (Å²) in [6, 6.07) is 3.88. The largest absolute Gasteiger partial charge is 0.344 e. The van der Waals surface area contributed by atoms with E-state index < -0.39 is 11.6 Å². The first-order valence-electron chi connectivity index (χ1n) is 6.39. The van der Waals surface area contributed by atoms with Gasteiger partial charge in [-0.1, -0.05) is 6.07 Å². The summed E-state index contributed by atoms with van der Waals surface area (Å²) in [5.74, 6) is -1.69. The van der Waals surface area contributed by atoms with Crippen LogP contribution in [0.2, 0.25) is 0 Å². The Hall–Kier alpha value is -1.20. The molecular weight excluding hydrogens is 286 g/mol. The van der Waals surface area contributed by atoms with Crippen LogP contribution in [0.25, 0.3) is 0 Å². The Bertz CT molecular complexity index is 484. The molecule has 1 aliphatic rings. The molecule has 20 heavy (non-hydrogen) atoms. The zero-order valence-electron chi connectivity index (χ0n) is 11.5. The highest BCUT2D eigenvalue weighted by Crippen LogP contribution is 2.48. The van der Waals surface area contributed by atoms with Crippen molar-refractivity contribution in [2.45, 2.75) is 12.3 Å². The minimum atomic E-state index is -0.849. The van der Waals surface area contributed by atoms with Gasteiger partial charge in [-0.2, -0.15) is 0 Å². The second-order valence-corrected chi connectivity index (χ2v) is 4.99. The normalized spacial score (nSPS) is 20.2. The number of nitrogens with zero attached hydrogens (tertiary/aromatic N) is 1. The number of carbonyl (C=O) groups excluding carboxylic acids is 1. The highest BCUT2D eigenvalue weighted by molar-refractivity contribution is 5.85. The smallest absolute Gasteiger partial charge is 0.226 e. The summed E-state index contributed by atoms with van der Waals surface area (Å²) in [4.78, 5) is 13.8. The summed E-state index contributed by atoms with van der Waals surface area (Å²) >= 11 is 0. The third-order valence-corrected chi connectivity index (χ3v) is 3.55. The van der Waals surface area contributed by atoms with Crippen LogP contribution in [-0.4, -0.2) is 38.0 Å². The minimum absolute atomic E-state index is 0. The SMILES string of the molecule is CNCCN(C)C(=O)C1CC1c1ccc(F)c(F)c1.Cl. The molecule has 112 valence electrons. The van der Waals surface area contributed by atoms with Crippen molar-refractivity contribution >= 4 is 18.3 Å². The summed E-state index contributed by atoms with van der Waals surface area (Å²) in [6.45, 7) is 1.39. The molecule has 3 nitrogen and oxygen atoms in total. The van der Waals surface area contributed by atoms with E-state index in [1.54, 1.807) is 18.0 Å². The summed E-state index contributed by atoms with van der Waals surface area (Å²) in [5.41, 5.74) is 0.708. The number of benzene rings is 1. The number of carbonyl (C=O) groups is 1. The molecule has 0 saturated heterocycles. The van der Waals surface area contributed by atoms with Gasteiger partial charge in [0.25, 0.3) is 0 Å². The van der Waals surface area contributed by atoms with Crippen LogP contribution in [0.4, 0.5) is 8.78 Å². The van der Waals surface area contributed by atoms with Crippen molar-refractivity contribution in [1.29, 1.82) is 0 Å². The lowest BCUT2D eigenvalue weighted by Gasteiger charge is -2.16. The van der Waals surface area contributed by atoms with Crippen LogP contribution in [0.1, 0.15) is 17.9 Å². The molecule has 2 unspecified atom stereocenters.